The molecule has 0 aromatic heterocycles. The molecule has 39 heavy (non-hydrogen) atoms. The molecular weight excluding hydrogens is 504 g/mol. The quantitative estimate of drug-likeness (QED) is 0.320. The number of carboxylic acid groups (broad SMARTS) is 1. The third-order valence-corrected chi connectivity index (χ3v) is 13.8. The standard InChI is InChI=1S/C32H54N2O4Si/c1-31(2,3)33-29(35)28-20-24-16-12-13-17-25(24)21-34(28)22-27(38-39(7,8)32(4,5)6)19-26(30(36)37)18-23-14-10-9-11-15-23/h9-11,14-15,24-28H,12-13,16-22H2,1-8H3,(H,33,35)(H,36,37)/t24-,25+,26?,27?,28-/m0/s1. The minimum Gasteiger partial charge on any atom is -0.481 e. The topological polar surface area (TPSA) is 78.9 Å². The number of fused-ring (bicyclic) bond motifs is 1. The van der Waals surface area contributed by atoms with Crippen LogP contribution in [0.1, 0.15) is 85.6 Å². The minimum absolute atomic E-state index is 0.00275. The Morgan fingerprint density at radius 1 is 1.05 bits per heavy atom. The summed E-state index contributed by atoms with van der Waals surface area (Å²) in [6, 6.07) is 9.68. The van der Waals surface area contributed by atoms with Gasteiger partial charge in [0.2, 0.25) is 5.91 Å². The molecule has 1 saturated heterocycles. The van der Waals surface area contributed by atoms with Crippen LogP contribution < -0.4 is 5.32 Å². The summed E-state index contributed by atoms with van der Waals surface area (Å²) < 4.78 is 6.99. The molecule has 1 saturated carbocycles. The van der Waals surface area contributed by atoms with E-state index < -0.39 is 20.2 Å². The molecule has 1 aliphatic carbocycles. The zero-order valence-corrected chi connectivity index (χ0v) is 26.8. The van der Waals surface area contributed by atoms with Gasteiger partial charge in [-0.25, -0.2) is 0 Å². The van der Waals surface area contributed by atoms with Crippen molar-refractivity contribution >= 4 is 20.2 Å². The number of hydrogen-bond donors (Lipinski definition) is 2. The Labute approximate surface area is 238 Å². The Hall–Kier alpha value is -1.70. The first kappa shape index (κ1) is 31.8. The lowest BCUT2D eigenvalue weighted by Gasteiger charge is -2.48. The van der Waals surface area contributed by atoms with E-state index in [1.165, 1.54) is 25.7 Å². The molecule has 5 atom stereocenters. The fourth-order valence-corrected chi connectivity index (χ4v) is 7.49. The molecule has 1 amide bonds. The summed E-state index contributed by atoms with van der Waals surface area (Å²) in [4.78, 5) is 28.5. The maximum Gasteiger partial charge on any atom is 0.306 e. The molecule has 0 radical (unpaired) electrons. The van der Waals surface area contributed by atoms with Gasteiger partial charge in [-0.3, -0.25) is 14.5 Å². The SMILES string of the molecule is CC(C)(C)NC(=O)[C@@H]1C[C@@H]2CCCC[C@@H]2CN1CC(CC(Cc1ccccc1)C(=O)O)O[Si](C)(C)C(C)(C)C. The lowest BCUT2D eigenvalue weighted by atomic mass is 9.72. The molecule has 0 spiro atoms. The lowest BCUT2D eigenvalue weighted by molar-refractivity contribution is -0.143. The van der Waals surface area contributed by atoms with Gasteiger partial charge < -0.3 is 14.8 Å². The number of rotatable bonds is 10. The van der Waals surface area contributed by atoms with Gasteiger partial charge in [0, 0.05) is 18.6 Å². The van der Waals surface area contributed by atoms with Crippen LogP contribution in [0.3, 0.4) is 0 Å². The number of likely N-dealkylation sites (tertiary alicyclic amines) is 1. The number of hydrogen-bond acceptors (Lipinski definition) is 4. The van der Waals surface area contributed by atoms with Crippen LogP contribution in [0.15, 0.2) is 30.3 Å². The van der Waals surface area contributed by atoms with Gasteiger partial charge in [0.15, 0.2) is 8.32 Å². The third-order valence-electron chi connectivity index (χ3n) is 9.23. The van der Waals surface area contributed by atoms with Crippen LogP contribution in [-0.4, -0.2) is 61.0 Å². The third kappa shape index (κ3) is 9.15. The van der Waals surface area contributed by atoms with Crippen molar-refractivity contribution in [2.24, 2.45) is 17.8 Å². The van der Waals surface area contributed by atoms with E-state index in [9.17, 15) is 14.7 Å². The predicted molar refractivity (Wildman–Crippen MR) is 161 cm³/mol. The van der Waals surface area contributed by atoms with Crippen LogP contribution >= 0.6 is 0 Å². The Balaban J connectivity index is 1.89. The molecule has 0 bridgehead atoms. The number of nitrogens with zero attached hydrogens (tertiary/aromatic N) is 1. The fourth-order valence-electron chi connectivity index (χ4n) is 6.13. The molecule has 2 fully saturated rings. The van der Waals surface area contributed by atoms with Crippen LogP contribution in [0.5, 0.6) is 0 Å². The molecule has 2 aliphatic rings. The Kier molecular flexibility index (Phi) is 10.5. The minimum atomic E-state index is -2.19. The number of carbonyl (C=O) groups excluding carboxylic acids is 1. The summed E-state index contributed by atoms with van der Waals surface area (Å²) >= 11 is 0. The highest BCUT2D eigenvalue weighted by molar-refractivity contribution is 6.74. The first-order chi connectivity index (χ1) is 18.1. The van der Waals surface area contributed by atoms with E-state index in [0.29, 0.717) is 31.2 Å². The lowest BCUT2D eigenvalue weighted by Crippen LogP contribution is -2.59. The number of aliphatic carboxylic acids is 1. The van der Waals surface area contributed by atoms with Gasteiger partial charge in [-0.05, 0) is 82.0 Å². The number of nitrogens with one attached hydrogen (secondary N) is 1. The van der Waals surface area contributed by atoms with Crippen molar-refractivity contribution in [1.29, 1.82) is 0 Å². The van der Waals surface area contributed by atoms with Gasteiger partial charge in [0.1, 0.15) is 0 Å². The molecule has 220 valence electrons. The van der Waals surface area contributed by atoms with E-state index in [4.69, 9.17) is 4.43 Å². The number of piperidine rings is 1. The van der Waals surface area contributed by atoms with E-state index in [-0.39, 0.29) is 28.6 Å². The molecule has 2 unspecified atom stereocenters. The van der Waals surface area contributed by atoms with Crippen LogP contribution in [0.25, 0.3) is 0 Å². The maximum atomic E-state index is 13.6. The van der Waals surface area contributed by atoms with E-state index >= 15 is 0 Å². The number of carboxylic acids is 1. The molecule has 6 nitrogen and oxygen atoms in total. The van der Waals surface area contributed by atoms with E-state index in [0.717, 1.165) is 18.5 Å². The van der Waals surface area contributed by atoms with Crippen molar-refractivity contribution in [3.05, 3.63) is 35.9 Å². The summed E-state index contributed by atoms with van der Waals surface area (Å²) in [6.07, 6.45) is 6.49. The van der Waals surface area contributed by atoms with E-state index in [2.05, 4.69) is 44.1 Å². The summed E-state index contributed by atoms with van der Waals surface area (Å²) in [6.45, 7) is 18.7. The number of benzene rings is 1. The summed E-state index contributed by atoms with van der Waals surface area (Å²) in [5, 5.41) is 13.5. The number of amides is 1. The van der Waals surface area contributed by atoms with Gasteiger partial charge in [-0.2, -0.15) is 0 Å². The van der Waals surface area contributed by atoms with Crippen LogP contribution in [-0.2, 0) is 20.4 Å². The van der Waals surface area contributed by atoms with Gasteiger partial charge in [0.25, 0.3) is 0 Å². The second-order valence-corrected chi connectivity index (χ2v) is 19.5. The first-order valence-electron chi connectivity index (χ1n) is 15.1. The van der Waals surface area contributed by atoms with Crippen molar-refractivity contribution in [2.75, 3.05) is 13.1 Å². The smallest absolute Gasteiger partial charge is 0.306 e. The zero-order chi connectivity index (χ0) is 29.0. The molecule has 1 aliphatic heterocycles. The average molecular weight is 559 g/mol. The van der Waals surface area contributed by atoms with Crippen LogP contribution in [0.2, 0.25) is 18.1 Å². The fraction of sp³-hybridized carbons (Fsp3) is 0.750. The largest absolute Gasteiger partial charge is 0.481 e. The van der Waals surface area contributed by atoms with E-state index in [1.807, 2.05) is 51.1 Å². The van der Waals surface area contributed by atoms with Gasteiger partial charge in [-0.15, -0.1) is 0 Å². The Morgan fingerprint density at radius 2 is 1.67 bits per heavy atom. The average Bonchev–Trinajstić information content (AvgIpc) is 2.81. The number of carbonyl (C=O) groups is 2. The monoisotopic (exact) mass is 558 g/mol. The van der Waals surface area contributed by atoms with Crippen molar-refractivity contribution in [3.8, 4) is 0 Å². The van der Waals surface area contributed by atoms with Gasteiger partial charge in [0.05, 0.1) is 18.1 Å². The molecule has 7 heteroatoms. The van der Waals surface area contributed by atoms with Crippen molar-refractivity contribution < 1.29 is 19.1 Å². The van der Waals surface area contributed by atoms with Crippen LogP contribution in [0, 0.1) is 17.8 Å². The van der Waals surface area contributed by atoms with Crippen molar-refractivity contribution in [3.63, 3.8) is 0 Å². The molecule has 1 aromatic carbocycles. The molecule has 3 rings (SSSR count). The van der Waals surface area contributed by atoms with E-state index in [1.54, 1.807) is 0 Å². The van der Waals surface area contributed by atoms with Crippen molar-refractivity contribution in [1.82, 2.24) is 10.2 Å². The first-order valence-corrected chi connectivity index (χ1v) is 18.0. The maximum absolute atomic E-state index is 13.6. The summed E-state index contributed by atoms with van der Waals surface area (Å²) in [5.74, 6) is -0.0375. The summed E-state index contributed by atoms with van der Waals surface area (Å²) in [7, 11) is -2.19. The van der Waals surface area contributed by atoms with Crippen molar-refractivity contribution in [2.45, 2.75) is 122 Å². The molecular formula is C32H54N2O4Si. The molecule has 1 aromatic rings. The Bertz CT molecular complexity index is 953. The highest BCUT2D eigenvalue weighted by atomic mass is 28.4. The zero-order valence-electron chi connectivity index (χ0n) is 25.8. The highest BCUT2D eigenvalue weighted by Gasteiger charge is 2.44. The van der Waals surface area contributed by atoms with Gasteiger partial charge >= 0.3 is 5.97 Å². The highest BCUT2D eigenvalue weighted by Crippen LogP contribution is 2.41. The molecule has 2 N–H and O–H groups in total. The predicted octanol–water partition coefficient (Wildman–Crippen LogP) is 6.51. The summed E-state index contributed by atoms with van der Waals surface area (Å²) in [5.41, 5.74) is 0.731. The van der Waals surface area contributed by atoms with Gasteiger partial charge in [-0.1, -0.05) is 70.4 Å². The Morgan fingerprint density at radius 3 is 2.23 bits per heavy atom. The second-order valence-electron chi connectivity index (χ2n) is 14.7. The van der Waals surface area contributed by atoms with Crippen LogP contribution in [0.4, 0.5) is 0 Å². The second kappa shape index (κ2) is 12.9. The molecule has 1 heterocycles. The normalized spacial score (nSPS) is 24.5.